The van der Waals surface area contributed by atoms with E-state index in [4.69, 9.17) is 21.1 Å². The summed E-state index contributed by atoms with van der Waals surface area (Å²) in [7, 11) is 3.06. The van der Waals surface area contributed by atoms with Crippen LogP contribution in [0.3, 0.4) is 0 Å². The summed E-state index contributed by atoms with van der Waals surface area (Å²) in [5.74, 6) is 0.686. The first-order chi connectivity index (χ1) is 10.0. The maximum atomic E-state index is 13.8. The molecule has 1 atom stereocenters. The van der Waals surface area contributed by atoms with E-state index < -0.39 is 11.9 Å². The van der Waals surface area contributed by atoms with Crippen molar-refractivity contribution in [2.75, 3.05) is 14.2 Å². The van der Waals surface area contributed by atoms with Crippen LogP contribution in [0.2, 0.25) is 5.02 Å². The molecule has 1 unspecified atom stereocenters. The third kappa shape index (κ3) is 3.65. The molecule has 2 aromatic carbocycles. The second-order valence-corrected chi connectivity index (χ2v) is 5.00. The topological polar surface area (TPSA) is 38.7 Å². The number of hydrogen-bond acceptors (Lipinski definition) is 3. The molecule has 5 heteroatoms. The van der Waals surface area contributed by atoms with Gasteiger partial charge in [0.15, 0.2) is 0 Å². The van der Waals surface area contributed by atoms with E-state index in [9.17, 15) is 9.50 Å². The van der Waals surface area contributed by atoms with Gasteiger partial charge in [0.05, 0.1) is 20.3 Å². The van der Waals surface area contributed by atoms with Crippen LogP contribution < -0.4 is 9.47 Å². The molecule has 0 aliphatic heterocycles. The molecular weight excluding hydrogens is 295 g/mol. The molecule has 0 bridgehead atoms. The van der Waals surface area contributed by atoms with Gasteiger partial charge >= 0.3 is 0 Å². The smallest absolute Gasteiger partial charge is 0.128 e. The minimum atomic E-state index is -0.887. The summed E-state index contributed by atoms with van der Waals surface area (Å²) in [5, 5.41) is 10.6. The minimum Gasteiger partial charge on any atom is -0.497 e. The van der Waals surface area contributed by atoms with Gasteiger partial charge in [-0.05, 0) is 29.8 Å². The van der Waals surface area contributed by atoms with Crippen LogP contribution in [-0.2, 0) is 6.42 Å². The fraction of sp³-hybridized carbons (Fsp3) is 0.250. The summed E-state index contributed by atoms with van der Waals surface area (Å²) >= 11 is 5.72. The van der Waals surface area contributed by atoms with Gasteiger partial charge in [0, 0.05) is 23.1 Å². The Morgan fingerprint density at radius 1 is 1.14 bits per heavy atom. The van der Waals surface area contributed by atoms with Crippen molar-refractivity contribution < 1.29 is 19.0 Å². The van der Waals surface area contributed by atoms with Crippen molar-refractivity contribution in [3.8, 4) is 11.5 Å². The van der Waals surface area contributed by atoms with E-state index in [0.717, 1.165) is 0 Å². The lowest BCUT2D eigenvalue weighted by atomic mass is 10.00. The molecule has 0 saturated carbocycles. The van der Waals surface area contributed by atoms with E-state index in [1.165, 1.54) is 13.2 Å². The molecular formula is C16H16ClFO3. The molecule has 0 radical (unpaired) electrons. The second-order valence-electron chi connectivity index (χ2n) is 4.56. The van der Waals surface area contributed by atoms with Crippen molar-refractivity contribution in [2.45, 2.75) is 12.5 Å². The number of rotatable bonds is 5. The van der Waals surface area contributed by atoms with Crippen molar-refractivity contribution in [2.24, 2.45) is 0 Å². The lowest BCUT2D eigenvalue weighted by Gasteiger charge is -2.16. The van der Waals surface area contributed by atoms with Gasteiger partial charge in [-0.1, -0.05) is 17.7 Å². The summed E-state index contributed by atoms with van der Waals surface area (Å²) in [5.41, 5.74) is 0.970. The number of hydrogen-bond donors (Lipinski definition) is 1. The van der Waals surface area contributed by atoms with Crippen LogP contribution in [-0.4, -0.2) is 19.3 Å². The van der Waals surface area contributed by atoms with Gasteiger partial charge in [-0.2, -0.15) is 0 Å². The minimum absolute atomic E-state index is 0.131. The lowest BCUT2D eigenvalue weighted by molar-refractivity contribution is 0.172. The molecule has 21 heavy (non-hydrogen) atoms. The van der Waals surface area contributed by atoms with Gasteiger partial charge in [0.2, 0.25) is 0 Å². The van der Waals surface area contributed by atoms with E-state index in [1.54, 1.807) is 37.4 Å². The first-order valence-corrected chi connectivity index (χ1v) is 6.77. The molecule has 0 aliphatic rings. The highest BCUT2D eigenvalue weighted by Gasteiger charge is 2.16. The summed E-state index contributed by atoms with van der Waals surface area (Å²) < 4.78 is 24.1. The van der Waals surface area contributed by atoms with Crippen molar-refractivity contribution >= 4 is 11.6 Å². The Morgan fingerprint density at radius 3 is 2.52 bits per heavy atom. The van der Waals surface area contributed by atoms with Gasteiger partial charge in [-0.3, -0.25) is 0 Å². The summed E-state index contributed by atoms with van der Waals surface area (Å²) in [6.07, 6.45) is -0.757. The molecule has 0 spiro atoms. The zero-order chi connectivity index (χ0) is 15.4. The van der Waals surface area contributed by atoms with Crippen molar-refractivity contribution in [1.29, 1.82) is 0 Å². The molecule has 1 N–H and O–H groups in total. The fourth-order valence-electron chi connectivity index (χ4n) is 2.10. The predicted octanol–water partition coefficient (Wildman–Crippen LogP) is 3.77. The first-order valence-electron chi connectivity index (χ1n) is 6.39. The van der Waals surface area contributed by atoms with Gasteiger partial charge in [0.25, 0.3) is 0 Å². The van der Waals surface area contributed by atoms with Gasteiger partial charge < -0.3 is 14.6 Å². The number of aliphatic hydroxyl groups excluding tert-OH is 1. The predicted molar refractivity (Wildman–Crippen MR) is 79.6 cm³/mol. The van der Waals surface area contributed by atoms with Crippen LogP contribution in [0.4, 0.5) is 4.39 Å². The maximum Gasteiger partial charge on any atom is 0.128 e. The van der Waals surface area contributed by atoms with Crippen LogP contribution in [0.25, 0.3) is 0 Å². The van der Waals surface area contributed by atoms with E-state index in [1.807, 2.05) is 0 Å². The molecule has 3 nitrogen and oxygen atoms in total. The standard InChI is InChI=1S/C16H16ClFO3/c1-20-12-5-6-13(16(9-12)21-2)15(19)7-10-3-4-11(17)8-14(10)18/h3-6,8-9,15,19H,7H2,1-2H3. The number of methoxy groups -OCH3 is 2. The lowest BCUT2D eigenvalue weighted by Crippen LogP contribution is -2.06. The van der Waals surface area contributed by atoms with Crippen LogP contribution in [0.1, 0.15) is 17.2 Å². The van der Waals surface area contributed by atoms with Gasteiger partial charge in [-0.15, -0.1) is 0 Å². The molecule has 2 rings (SSSR count). The molecule has 0 fully saturated rings. The molecule has 0 saturated heterocycles. The van der Waals surface area contributed by atoms with Crippen molar-refractivity contribution in [1.82, 2.24) is 0 Å². The van der Waals surface area contributed by atoms with E-state index in [0.29, 0.717) is 27.6 Å². The molecule has 2 aromatic rings. The first kappa shape index (κ1) is 15.6. The highest BCUT2D eigenvalue weighted by Crippen LogP contribution is 2.31. The summed E-state index contributed by atoms with van der Waals surface area (Å²) in [4.78, 5) is 0. The van der Waals surface area contributed by atoms with E-state index in [-0.39, 0.29) is 6.42 Å². The average molecular weight is 311 g/mol. The van der Waals surface area contributed by atoms with Crippen molar-refractivity contribution in [3.05, 3.63) is 58.4 Å². The maximum absolute atomic E-state index is 13.8. The molecule has 0 aliphatic carbocycles. The quantitative estimate of drug-likeness (QED) is 0.913. The number of aliphatic hydroxyl groups is 1. The van der Waals surface area contributed by atoms with Crippen LogP contribution in [0.15, 0.2) is 36.4 Å². The van der Waals surface area contributed by atoms with Crippen LogP contribution in [0, 0.1) is 5.82 Å². The monoisotopic (exact) mass is 310 g/mol. The third-order valence-electron chi connectivity index (χ3n) is 3.23. The average Bonchev–Trinajstić information content (AvgIpc) is 2.49. The Kier molecular flexibility index (Phi) is 5.04. The molecule has 112 valence electrons. The van der Waals surface area contributed by atoms with Gasteiger partial charge in [-0.25, -0.2) is 4.39 Å². The Morgan fingerprint density at radius 2 is 1.90 bits per heavy atom. The summed E-state index contributed by atoms with van der Waals surface area (Å²) in [6.45, 7) is 0. The normalized spacial score (nSPS) is 12.0. The number of benzene rings is 2. The Balaban J connectivity index is 2.25. The van der Waals surface area contributed by atoms with Gasteiger partial charge in [0.1, 0.15) is 17.3 Å². The third-order valence-corrected chi connectivity index (χ3v) is 3.46. The highest BCUT2D eigenvalue weighted by atomic mass is 35.5. The zero-order valence-electron chi connectivity index (χ0n) is 11.8. The molecule has 0 aromatic heterocycles. The zero-order valence-corrected chi connectivity index (χ0v) is 12.5. The Hall–Kier alpha value is -1.78. The van der Waals surface area contributed by atoms with E-state index >= 15 is 0 Å². The fourth-order valence-corrected chi connectivity index (χ4v) is 2.26. The Labute approximate surface area is 127 Å². The highest BCUT2D eigenvalue weighted by molar-refractivity contribution is 6.30. The summed E-state index contributed by atoms with van der Waals surface area (Å²) in [6, 6.07) is 9.50. The number of halogens is 2. The van der Waals surface area contributed by atoms with E-state index in [2.05, 4.69) is 0 Å². The largest absolute Gasteiger partial charge is 0.497 e. The second kappa shape index (κ2) is 6.78. The SMILES string of the molecule is COc1ccc(C(O)Cc2ccc(Cl)cc2F)c(OC)c1. The Bertz CT molecular complexity index is 631. The van der Waals surface area contributed by atoms with Crippen molar-refractivity contribution in [3.63, 3.8) is 0 Å². The van der Waals surface area contributed by atoms with Crippen LogP contribution in [0.5, 0.6) is 11.5 Å². The molecule has 0 heterocycles. The number of ether oxygens (including phenoxy) is 2. The van der Waals surface area contributed by atoms with Crippen LogP contribution >= 0.6 is 11.6 Å². The molecule has 0 amide bonds.